The van der Waals surface area contributed by atoms with Crippen LogP contribution in [-0.2, 0) is 0 Å². The van der Waals surface area contributed by atoms with Crippen LogP contribution in [0.15, 0.2) is 0 Å². The van der Waals surface area contributed by atoms with E-state index in [1.165, 1.54) is 25.7 Å². The number of fused-ring (bicyclic) bond motifs is 2. The molecular weight excluding hydrogens is 162 g/mol. The first-order chi connectivity index (χ1) is 6.13. The largest absolute Gasteiger partial charge is 0.389 e. The minimum atomic E-state index is -0.478. The summed E-state index contributed by atoms with van der Waals surface area (Å²) in [6.07, 6.45) is 5.41. The van der Waals surface area contributed by atoms with Crippen LogP contribution in [0.3, 0.4) is 0 Å². The molecule has 2 N–H and O–H groups in total. The van der Waals surface area contributed by atoms with Crippen LogP contribution in [0.5, 0.6) is 0 Å². The maximum atomic E-state index is 10.3. The van der Waals surface area contributed by atoms with E-state index in [9.17, 15) is 5.11 Å². The van der Waals surface area contributed by atoms with Crippen LogP contribution in [0.4, 0.5) is 0 Å². The summed E-state index contributed by atoms with van der Waals surface area (Å²) in [7, 11) is 1.92. The molecule has 0 aromatic rings. The van der Waals surface area contributed by atoms with Crippen LogP contribution in [0.2, 0.25) is 0 Å². The number of likely N-dealkylation sites (N-methyl/N-ethyl adjacent to an activating group) is 1. The first-order valence-corrected chi connectivity index (χ1v) is 5.50. The Bertz CT molecular complexity index is 191. The maximum absolute atomic E-state index is 10.3. The molecule has 2 rings (SSSR count). The highest BCUT2D eigenvalue weighted by atomic mass is 16.3. The van der Waals surface area contributed by atoms with Crippen molar-refractivity contribution in [1.29, 1.82) is 0 Å². The molecule has 0 saturated heterocycles. The molecule has 0 radical (unpaired) electrons. The Labute approximate surface area is 80.7 Å². The lowest BCUT2D eigenvalue weighted by atomic mass is 9.77. The van der Waals surface area contributed by atoms with Crippen molar-refractivity contribution in [2.45, 2.75) is 38.2 Å². The van der Waals surface area contributed by atoms with Crippen LogP contribution >= 0.6 is 0 Å². The molecule has 2 fully saturated rings. The van der Waals surface area contributed by atoms with Gasteiger partial charge in [-0.15, -0.1) is 0 Å². The molecule has 0 amide bonds. The van der Waals surface area contributed by atoms with Crippen LogP contribution in [-0.4, -0.2) is 24.3 Å². The monoisotopic (exact) mass is 183 g/mol. The lowest BCUT2D eigenvalue weighted by molar-refractivity contribution is -0.0217. The van der Waals surface area contributed by atoms with Gasteiger partial charge in [0, 0.05) is 6.54 Å². The lowest BCUT2D eigenvalue weighted by Gasteiger charge is -2.35. The second kappa shape index (κ2) is 3.25. The molecule has 76 valence electrons. The minimum Gasteiger partial charge on any atom is -0.389 e. The van der Waals surface area contributed by atoms with Crippen molar-refractivity contribution in [3.05, 3.63) is 0 Å². The Morgan fingerprint density at radius 3 is 2.62 bits per heavy atom. The summed E-state index contributed by atoms with van der Waals surface area (Å²) in [5.74, 6) is 2.30. The Balaban J connectivity index is 2.01. The molecule has 0 aromatic carbocycles. The molecule has 0 aliphatic heterocycles. The molecule has 2 heteroatoms. The normalized spacial score (nSPS) is 42.2. The molecule has 2 bridgehead atoms. The number of nitrogens with one attached hydrogen (secondary N) is 1. The van der Waals surface area contributed by atoms with Gasteiger partial charge in [0.25, 0.3) is 0 Å². The van der Waals surface area contributed by atoms with Crippen molar-refractivity contribution in [3.63, 3.8) is 0 Å². The zero-order valence-corrected chi connectivity index (χ0v) is 8.71. The minimum absolute atomic E-state index is 0.478. The second-order valence-electron chi connectivity index (χ2n) is 5.17. The summed E-state index contributed by atoms with van der Waals surface area (Å²) in [5, 5.41) is 13.4. The highest BCUT2D eigenvalue weighted by molar-refractivity contribution is 4.98. The fourth-order valence-corrected chi connectivity index (χ4v) is 3.50. The zero-order valence-electron chi connectivity index (χ0n) is 8.71. The topological polar surface area (TPSA) is 32.3 Å². The Kier molecular flexibility index (Phi) is 2.37. The Hall–Kier alpha value is -0.0800. The predicted octanol–water partition coefficient (Wildman–Crippen LogP) is 1.39. The third kappa shape index (κ3) is 1.62. The van der Waals surface area contributed by atoms with E-state index >= 15 is 0 Å². The van der Waals surface area contributed by atoms with Gasteiger partial charge in [-0.05, 0) is 51.0 Å². The van der Waals surface area contributed by atoms with E-state index in [0.29, 0.717) is 5.92 Å². The van der Waals surface area contributed by atoms with Gasteiger partial charge < -0.3 is 10.4 Å². The van der Waals surface area contributed by atoms with Gasteiger partial charge in [-0.2, -0.15) is 0 Å². The van der Waals surface area contributed by atoms with Gasteiger partial charge in [0.05, 0.1) is 5.60 Å². The van der Waals surface area contributed by atoms with E-state index in [1.54, 1.807) is 0 Å². The molecule has 13 heavy (non-hydrogen) atoms. The fourth-order valence-electron chi connectivity index (χ4n) is 3.50. The van der Waals surface area contributed by atoms with Crippen LogP contribution in [0.25, 0.3) is 0 Å². The smallest absolute Gasteiger partial charge is 0.0774 e. The third-order valence-corrected chi connectivity index (χ3v) is 4.07. The summed E-state index contributed by atoms with van der Waals surface area (Å²) in [5.41, 5.74) is -0.478. The summed E-state index contributed by atoms with van der Waals surface area (Å²) < 4.78 is 0. The quantitative estimate of drug-likeness (QED) is 0.693. The molecule has 2 nitrogen and oxygen atoms in total. The van der Waals surface area contributed by atoms with Crippen molar-refractivity contribution in [2.24, 2.45) is 17.8 Å². The SMILES string of the molecule is CNCC(C)(O)C1CC2CCC1C2. The standard InChI is InChI=1S/C11H21NO/c1-11(13,7-12-2)10-6-8-3-4-9(10)5-8/h8-10,12-13H,3-7H2,1-2H3. The summed E-state index contributed by atoms with van der Waals surface area (Å²) in [6.45, 7) is 2.73. The van der Waals surface area contributed by atoms with E-state index in [0.717, 1.165) is 18.4 Å². The van der Waals surface area contributed by atoms with E-state index in [4.69, 9.17) is 0 Å². The van der Waals surface area contributed by atoms with Crippen molar-refractivity contribution in [3.8, 4) is 0 Å². The van der Waals surface area contributed by atoms with Gasteiger partial charge in [-0.25, -0.2) is 0 Å². The number of hydrogen-bond acceptors (Lipinski definition) is 2. The molecule has 4 atom stereocenters. The van der Waals surface area contributed by atoms with Gasteiger partial charge in [0.2, 0.25) is 0 Å². The zero-order chi connectivity index (χ0) is 9.47. The van der Waals surface area contributed by atoms with E-state index < -0.39 is 5.60 Å². The Morgan fingerprint density at radius 2 is 2.15 bits per heavy atom. The molecule has 2 aliphatic rings. The van der Waals surface area contributed by atoms with E-state index in [1.807, 2.05) is 14.0 Å². The predicted molar refractivity (Wildman–Crippen MR) is 53.5 cm³/mol. The third-order valence-electron chi connectivity index (χ3n) is 4.07. The molecular formula is C11H21NO. The molecule has 0 spiro atoms. The number of aliphatic hydroxyl groups is 1. The average molecular weight is 183 g/mol. The van der Waals surface area contributed by atoms with E-state index in [-0.39, 0.29) is 0 Å². The van der Waals surface area contributed by atoms with Crippen LogP contribution in [0, 0.1) is 17.8 Å². The van der Waals surface area contributed by atoms with Gasteiger partial charge in [0.1, 0.15) is 0 Å². The van der Waals surface area contributed by atoms with Crippen LogP contribution in [0.1, 0.15) is 32.6 Å². The average Bonchev–Trinajstić information content (AvgIpc) is 2.63. The molecule has 0 aromatic heterocycles. The first kappa shape index (κ1) is 9.47. The summed E-state index contributed by atoms with van der Waals surface area (Å²) >= 11 is 0. The number of hydrogen-bond donors (Lipinski definition) is 2. The van der Waals surface area contributed by atoms with E-state index in [2.05, 4.69) is 5.32 Å². The summed E-state index contributed by atoms with van der Waals surface area (Å²) in [4.78, 5) is 0. The molecule has 0 heterocycles. The van der Waals surface area contributed by atoms with Gasteiger partial charge >= 0.3 is 0 Å². The van der Waals surface area contributed by atoms with Crippen molar-refractivity contribution >= 4 is 0 Å². The molecule has 2 aliphatic carbocycles. The number of rotatable bonds is 3. The second-order valence-corrected chi connectivity index (χ2v) is 5.17. The fraction of sp³-hybridized carbons (Fsp3) is 1.00. The summed E-state index contributed by atoms with van der Waals surface area (Å²) in [6, 6.07) is 0. The Morgan fingerprint density at radius 1 is 1.38 bits per heavy atom. The van der Waals surface area contributed by atoms with Crippen molar-refractivity contribution in [2.75, 3.05) is 13.6 Å². The van der Waals surface area contributed by atoms with Gasteiger partial charge in [-0.1, -0.05) is 6.42 Å². The van der Waals surface area contributed by atoms with Gasteiger partial charge in [0.15, 0.2) is 0 Å². The highest BCUT2D eigenvalue weighted by Gasteiger charge is 2.47. The molecule has 2 saturated carbocycles. The van der Waals surface area contributed by atoms with Gasteiger partial charge in [-0.3, -0.25) is 0 Å². The highest BCUT2D eigenvalue weighted by Crippen LogP contribution is 2.51. The lowest BCUT2D eigenvalue weighted by Crippen LogP contribution is -2.45. The maximum Gasteiger partial charge on any atom is 0.0774 e. The first-order valence-electron chi connectivity index (χ1n) is 5.50. The van der Waals surface area contributed by atoms with Crippen molar-refractivity contribution < 1.29 is 5.11 Å². The molecule has 4 unspecified atom stereocenters. The van der Waals surface area contributed by atoms with Crippen molar-refractivity contribution in [1.82, 2.24) is 5.32 Å². The van der Waals surface area contributed by atoms with Crippen LogP contribution < -0.4 is 5.32 Å².